The lowest BCUT2D eigenvalue weighted by Crippen LogP contribution is -2.06. The molecule has 0 heterocycles. The second-order valence-corrected chi connectivity index (χ2v) is 5.13. The predicted molar refractivity (Wildman–Crippen MR) is 89.5 cm³/mol. The zero-order valence-electron chi connectivity index (χ0n) is 12.4. The third-order valence-corrected chi connectivity index (χ3v) is 3.36. The molecular formula is C17H28MgO3. The van der Waals surface area contributed by atoms with Crippen LogP contribution >= 0.6 is 0 Å². The molecule has 0 unspecified atom stereocenters. The number of phenols is 1. The second-order valence-electron chi connectivity index (χ2n) is 5.13. The molecule has 3 nitrogen and oxygen atoms in total. The number of esters is 1. The zero-order valence-corrected chi connectivity index (χ0v) is 12.4. The molecule has 0 aromatic heterocycles. The molecule has 0 radical (unpaired) electrons. The fourth-order valence-electron chi connectivity index (χ4n) is 2.12. The monoisotopic (exact) mass is 304 g/mol. The van der Waals surface area contributed by atoms with Gasteiger partial charge in [0.1, 0.15) is 11.3 Å². The summed E-state index contributed by atoms with van der Waals surface area (Å²) in [5.41, 5.74) is 0.243. The number of hydrogen-bond acceptors (Lipinski definition) is 3. The number of ether oxygens (including phenoxy) is 1. The first-order valence-electron chi connectivity index (χ1n) is 7.70. The highest BCUT2D eigenvalue weighted by atomic mass is 24.3. The van der Waals surface area contributed by atoms with E-state index in [0.29, 0.717) is 6.61 Å². The van der Waals surface area contributed by atoms with Gasteiger partial charge >= 0.3 is 29.0 Å². The van der Waals surface area contributed by atoms with Crippen LogP contribution in [0.2, 0.25) is 0 Å². The highest BCUT2D eigenvalue weighted by molar-refractivity contribution is 5.92. The maximum Gasteiger partial charge on any atom is 0.341 e. The van der Waals surface area contributed by atoms with Crippen LogP contribution in [-0.4, -0.2) is 40.7 Å². The van der Waals surface area contributed by atoms with E-state index in [9.17, 15) is 9.90 Å². The Balaban J connectivity index is 0.00000400. The summed E-state index contributed by atoms with van der Waals surface area (Å²) in [6.07, 6.45) is 9.73. The average Bonchev–Trinajstić information content (AvgIpc) is 2.46. The van der Waals surface area contributed by atoms with Crippen LogP contribution in [0.3, 0.4) is 0 Å². The number of phenolic OH excluding ortho intramolecular Hbond substituents is 1. The molecule has 1 N–H and O–H groups in total. The quantitative estimate of drug-likeness (QED) is 0.406. The Morgan fingerprint density at radius 2 is 1.57 bits per heavy atom. The maximum absolute atomic E-state index is 11.7. The number of aromatic hydroxyl groups is 1. The SMILES string of the molecule is CCCCCCCCCCOC(=O)c1ccccc1O.[MgH2]. The molecule has 0 fully saturated rings. The summed E-state index contributed by atoms with van der Waals surface area (Å²) in [6.45, 7) is 2.65. The van der Waals surface area contributed by atoms with Crippen LogP contribution in [-0.2, 0) is 4.74 Å². The number of para-hydroxylation sites is 1. The topological polar surface area (TPSA) is 46.5 Å². The molecule has 4 heteroatoms. The Bertz CT molecular complexity index is 393. The highest BCUT2D eigenvalue weighted by Crippen LogP contribution is 2.16. The van der Waals surface area contributed by atoms with E-state index < -0.39 is 5.97 Å². The molecule has 1 rings (SSSR count). The first kappa shape index (κ1) is 20.3. The number of hydrogen-bond donors (Lipinski definition) is 1. The summed E-state index contributed by atoms with van der Waals surface area (Å²) >= 11 is 0. The van der Waals surface area contributed by atoms with Crippen molar-refractivity contribution in [3.8, 4) is 5.75 Å². The van der Waals surface area contributed by atoms with Gasteiger partial charge in [0.05, 0.1) is 6.61 Å². The van der Waals surface area contributed by atoms with Gasteiger partial charge in [0, 0.05) is 0 Å². The molecule has 0 bridgehead atoms. The highest BCUT2D eigenvalue weighted by Gasteiger charge is 2.10. The minimum absolute atomic E-state index is 0. The standard InChI is InChI=1S/C17H26O3.Mg.2H/c1-2-3-4-5-6-7-8-11-14-20-17(19)15-12-9-10-13-16(15)18;;;/h9-10,12-13,18H,2-8,11,14H2,1H3;;;. The summed E-state index contributed by atoms with van der Waals surface area (Å²) in [7, 11) is 0. The van der Waals surface area contributed by atoms with Crippen LogP contribution in [0.25, 0.3) is 0 Å². The van der Waals surface area contributed by atoms with Crippen molar-refractivity contribution in [1.82, 2.24) is 0 Å². The molecule has 0 aliphatic rings. The number of carbonyl (C=O) groups excluding carboxylic acids is 1. The van der Waals surface area contributed by atoms with E-state index >= 15 is 0 Å². The smallest absolute Gasteiger partial charge is 0.341 e. The van der Waals surface area contributed by atoms with Crippen LogP contribution in [0.1, 0.15) is 68.6 Å². The Hall–Kier alpha value is -0.744. The fourth-order valence-corrected chi connectivity index (χ4v) is 2.12. The molecular weight excluding hydrogens is 276 g/mol. The predicted octanol–water partition coefficient (Wildman–Crippen LogP) is 3.77. The molecule has 1 aromatic rings. The summed E-state index contributed by atoms with van der Waals surface area (Å²) < 4.78 is 5.16. The number of benzene rings is 1. The van der Waals surface area contributed by atoms with Crippen molar-refractivity contribution in [3.05, 3.63) is 29.8 Å². The third kappa shape index (κ3) is 8.99. The molecule has 0 amide bonds. The molecule has 21 heavy (non-hydrogen) atoms. The molecule has 1 aromatic carbocycles. The second kappa shape index (κ2) is 13.0. The average molecular weight is 305 g/mol. The van der Waals surface area contributed by atoms with Gasteiger partial charge in [-0.05, 0) is 18.6 Å². The van der Waals surface area contributed by atoms with Gasteiger partial charge in [-0.25, -0.2) is 4.79 Å². The van der Waals surface area contributed by atoms with Crippen molar-refractivity contribution in [2.75, 3.05) is 6.61 Å². The van der Waals surface area contributed by atoms with Gasteiger partial charge in [-0.3, -0.25) is 0 Å². The summed E-state index contributed by atoms with van der Waals surface area (Å²) in [5.74, 6) is -0.459. The van der Waals surface area contributed by atoms with E-state index in [1.165, 1.54) is 44.6 Å². The fraction of sp³-hybridized carbons (Fsp3) is 0.588. The lowest BCUT2D eigenvalue weighted by atomic mass is 10.1. The van der Waals surface area contributed by atoms with E-state index in [2.05, 4.69) is 6.92 Å². The molecule has 0 spiro atoms. The molecule has 0 atom stereocenters. The van der Waals surface area contributed by atoms with Crippen LogP contribution in [0.15, 0.2) is 24.3 Å². The Labute approximate surface area is 144 Å². The minimum Gasteiger partial charge on any atom is -0.507 e. The van der Waals surface area contributed by atoms with Crippen molar-refractivity contribution >= 4 is 29.0 Å². The van der Waals surface area contributed by atoms with Gasteiger partial charge in [-0.15, -0.1) is 0 Å². The van der Waals surface area contributed by atoms with Crippen molar-refractivity contribution in [1.29, 1.82) is 0 Å². The van der Waals surface area contributed by atoms with E-state index in [1.807, 2.05) is 0 Å². The van der Waals surface area contributed by atoms with Crippen LogP contribution in [0.4, 0.5) is 0 Å². The molecule has 0 saturated carbocycles. The Morgan fingerprint density at radius 1 is 1.00 bits per heavy atom. The third-order valence-electron chi connectivity index (χ3n) is 3.36. The minimum atomic E-state index is -0.439. The zero-order chi connectivity index (χ0) is 14.6. The first-order chi connectivity index (χ1) is 9.75. The van der Waals surface area contributed by atoms with Crippen molar-refractivity contribution in [2.45, 2.75) is 58.3 Å². The lowest BCUT2D eigenvalue weighted by molar-refractivity contribution is 0.0494. The summed E-state index contributed by atoms with van der Waals surface area (Å²) in [4.78, 5) is 11.7. The number of unbranched alkanes of at least 4 members (excludes halogenated alkanes) is 7. The van der Waals surface area contributed by atoms with Crippen molar-refractivity contribution in [3.63, 3.8) is 0 Å². The Morgan fingerprint density at radius 3 is 2.19 bits per heavy atom. The number of rotatable bonds is 10. The van der Waals surface area contributed by atoms with Gasteiger partial charge in [-0.1, -0.05) is 64.0 Å². The largest absolute Gasteiger partial charge is 0.507 e. The Kier molecular flexibility index (Phi) is 12.5. The lowest BCUT2D eigenvalue weighted by Gasteiger charge is -2.06. The van der Waals surface area contributed by atoms with Gasteiger partial charge < -0.3 is 9.84 Å². The van der Waals surface area contributed by atoms with Gasteiger partial charge in [0.25, 0.3) is 0 Å². The van der Waals surface area contributed by atoms with Gasteiger partial charge in [0.2, 0.25) is 0 Å². The first-order valence-corrected chi connectivity index (χ1v) is 7.70. The summed E-state index contributed by atoms with van der Waals surface area (Å²) in [6, 6.07) is 6.47. The van der Waals surface area contributed by atoms with E-state index in [0.717, 1.165) is 12.8 Å². The van der Waals surface area contributed by atoms with Crippen molar-refractivity contribution < 1.29 is 14.6 Å². The van der Waals surface area contributed by atoms with E-state index in [-0.39, 0.29) is 34.4 Å². The number of carbonyl (C=O) groups is 1. The molecule has 0 saturated heterocycles. The van der Waals surface area contributed by atoms with Crippen LogP contribution < -0.4 is 0 Å². The molecule has 0 aliphatic heterocycles. The van der Waals surface area contributed by atoms with E-state index in [4.69, 9.17) is 4.74 Å². The van der Waals surface area contributed by atoms with Gasteiger partial charge in [-0.2, -0.15) is 0 Å². The van der Waals surface area contributed by atoms with Gasteiger partial charge in [0.15, 0.2) is 0 Å². The molecule has 0 aliphatic carbocycles. The van der Waals surface area contributed by atoms with E-state index in [1.54, 1.807) is 18.2 Å². The maximum atomic E-state index is 11.7. The normalized spacial score (nSPS) is 9.95. The van der Waals surface area contributed by atoms with Crippen LogP contribution in [0.5, 0.6) is 5.75 Å². The molecule has 116 valence electrons. The van der Waals surface area contributed by atoms with Crippen LogP contribution in [0, 0.1) is 0 Å². The van der Waals surface area contributed by atoms with Crippen molar-refractivity contribution in [2.24, 2.45) is 0 Å². The summed E-state index contributed by atoms with van der Waals surface area (Å²) in [5, 5.41) is 9.52.